The highest BCUT2D eigenvalue weighted by atomic mass is 32.1. The number of likely N-dealkylation sites (tertiary alicyclic amines) is 1. The molecule has 3 heterocycles. The van der Waals surface area contributed by atoms with Crippen LogP contribution < -0.4 is 5.32 Å². The average molecular weight is 396 g/mol. The smallest absolute Gasteiger partial charge is 0.263 e. The van der Waals surface area contributed by atoms with Crippen LogP contribution in [0.1, 0.15) is 28.9 Å². The highest BCUT2D eigenvalue weighted by molar-refractivity contribution is 7.12. The Bertz CT molecular complexity index is 940. The number of fused-ring (bicyclic) bond motifs is 1. The predicted octanol–water partition coefficient (Wildman–Crippen LogP) is 3.76. The second-order valence-electron chi connectivity index (χ2n) is 7.26. The molecule has 146 valence electrons. The Morgan fingerprint density at radius 1 is 1.07 bits per heavy atom. The van der Waals surface area contributed by atoms with E-state index in [4.69, 9.17) is 0 Å². The van der Waals surface area contributed by atoms with Crippen molar-refractivity contribution in [1.29, 1.82) is 0 Å². The minimum atomic E-state index is 0.0137. The zero-order valence-electron chi connectivity index (χ0n) is 15.8. The zero-order chi connectivity index (χ0) is 19.3. The van der Waals surface area contributed by atoms with E-state index >= 15 is 0 Å². The summed E-state index contributed by atoms with van der Waals surface area (Å²) in [7, 11) is 0. The largest absolute Gasteiger partial charge is 0.356 e. The van der Waals surface area contributed by atoms with Crippen molar-refractivity contribution in [2.24, 2.45) is 5.92 Å². The zero-order valence-corrected chi connectivity index (χ0v) is 16.7. The van der Waals surface area contributed by atoms with Gasteiger partial charge in [0.1, 0.15) is 0 Å². The summed E-state index contributed by atoms with van der Waals surface area (Å²) < 4.78 is 2.23. The molecule has 4 rings (SSSR count). The Hall–Kier alpha value is -2.60. The molecule has 0 atom stereocenters. The number of rotatable bonds is 6. The summed E-state index contributed by atoms with van der Waals surface area (Å²) in [6.07, 6.45) is 4.49. The molecule has 2 aromatic heterocycles. The van der Waals surface area contributed by atoms with Crippen LogP contribution in [0.2, 0.25) is 0 Å². The van der Waals surface area contributed by atoms with Gasteiger partial charge in [-0.1, -0.05) is 24.3 Å². The minimum Gasteiger partial charge on any atom is -0.356 e. The predicted molar refractivity (Wildman–Crippen MR) is 113 cm³/mol. The lowest BCUT2D eigenvalue weighted by atomic mass is 9.95. The molecular formula is C22H25N3O2S. The highest BCUT2D eigenvalue weighted by Crippen LogP contribution is 2.21. The third-order valence-corrected chi connectivity index (χ3v) is 6.30. The molecule has 1 saturated heterocycles. The van der Waals surface area contributed by atoms with Crippen molar-refractivity contribution in [3.05, 3.63) is 58.9 Å². The Labute approximate surface area is 169 Å². The van der Waals surface area contributed by atoms with Crippen LogP contribution in [-0.2, 0) is 11.3 Å². The van der Waals surface area contributed by atoms with E-state index in [-0.39, 0.29) is 17.7 Å². The SMILES string of the molecule is O=C(NCCCn1ccc2ccccc21)C1CCN(C(=O)c2cccs2)CC1. The van der Waals surface area contributed by atoms with E-state index in [1.807, 2.05) is 28.5 Å². The molecule has 0 radical (unpaired) electrons. The van der Waals surface area contributed by atoms with E-state index in [9.17, 15) is 9.59 Å². The van der Waals surface area contributed by atoms with Gasteiger partial charge in [-0.25, -0.2) is 0 Å². The molecule has 0 saturated carbocycles. The molecule has 0 spiro atoms. The van der Waals surface area contributed by atoms with Gasteiger partial charge in [-0.3, -0.25) is 9.59 Å². The Morgan fingerprint density at radius 2 is 1.89 bits per heavy atom. The third kappa shape index (κ3) is 4.12. The number of hydrogen-bond donors (Lipinski definition) is 1. The van der Waals surface area contributed by atoms with Crippen LogP contribution in [0.25, 0.3) is 10.9 Å². The quantitative estimate of drug-likeness (QED) is 0.646. The lowest BCUT2D eigenvalue weighted by Gasteiger charge is -2.31. The van der Waals surface area contributed by atoms with Gasteiger partial charge >= 0.3 is 0 Å². The van der Waals surface area contributed by atoms with E-state index in [0.717, 1.165) is 30.7 Å². The molecule has 1 aliphatic rings. The van der Waals surface area contributed by atoms with Crippen molar-refractivity contribution in [3.8, 4) is 0 Å². The Kier molecular flexibility index (Phi) is 5.76. The van der Waals surface area contributed by atoms with Gasteiger partial charge < -0.3 is 14.8 Å². The van der Waals surface area contributed by atoms with E-state index < -0.39 is 0 Å². The van der Waals surface area contributed by atoms with Gasteiger partial charge in [0.2, 0.25) is 5.91 Å². The summed E-state index contributed by atoms with van der Waals surface area (Å²) >= 11 is 1.47. The summed E-state index contributed by atoms with van der Waals surface area (Å²) in [4.78, 5) is 27.5. The van der Waals surface area contributed by atoms with Crippen LogP contribution in [0, 0.1) is 5.92 Å². The van der Waals surface area contributed by atoms with Crippen LogP contribution in [0.4, 0.5) is 0 Å². The van der Waals surface area contributed by atoms with Crippen molar-refractivity contribution in [2.75, 3.05) is 19.6 Å². The molecule has 1 N–H and O–H groups in total. The number of amides is 2. The molecule has 0 aliphatic carbocycles. The van der Waals surface area contributed by atoms with E-state index in [1.165, 1.54) is 22.2 Å². The molecule has 28 heavy (non-hydrogen) atoms. The summed E-state index contributed by atoms with van der Waals surface area (Å²) in [5.41, 5.74) is 1.23. The van der Waals surface area contributed by atoms with Gasteiger partial charge in [-0.05, 0) is 48.2 Å². The first kappa shape index (κ1) is 18.7. The molecule has 6 heteroatoms. The van der Waals surface area contributed by atoms with Crippen LogP contribution in [0.5, 0.6) is 0 Å². The number of nitrogens with one attached hydrogen (secondary N) is 1. The number of thiophene rings is 1. The van der Waals surface area contributed by atoms with E-state index in [0.29, 0.717) is 19.6 Å². The fourth-order valence-corrected chi connectivity index (χ4v) is 4.53. The number of carbonyl (C=O) groups is 2. The molecule has 1 fully saturated rings. The van der Waals surface area contributed by atoms with Gasteiger partial charge in [0.25, 0.3) is 5.91 Å². The number of para-hydroxylation sites is 1. The molecule has 3 aromatic rings. The number of carbonyl (C=O) groups excluding carboxylic acids is 2. The number of benzene rings is 1. The standard InChI is InChI=1S/C22H25N3O2S/c26-21(18-9-14-25(15-10-18)22(27)20-7-3-16-28-20)23-11-4-12-24-13-8-17-5-1-2-6-19(17)24/h1-3,5-8,13,16,18H,4,9-12,14-15H2,(H,23,26). The topological polar surface area (TPSA) is 54.3 Å². The second kappa shape index (κ2) is 8.61. The Morgan fingerprint density at radius 3 is 2.68 bits per heavy atom. The molecule has 2 amide bonds. The second-order valence-corrected chi connectivity index (χ2v) is 8.20. The first-order valence-corrected chi connectivity index (χ1v) is 10.7. The summed E-state index contributed by atoms with van der Waals surface area (Å²) in [5.74, 6) is 0.230. The van der Waals surface area contributed by atoms with Gasteiger partial charge in [-0.2, -0.15) is 0 Å². The summed E-state index contributed by atoms with van der Waals surface area (Å²) in [6.45, 7) is 2.88. The van der Waals surface area contributed by atoms with Crippen LogP contribution in [0.3, 0.4) is 0 Å². The number of piperidine rings is 1. The van der Waals surface area contributed by atoms with Gasteiger partial charge in [0.15, 0.2) is 0 Å². The first-order chi connectivity index (χ1) is 13.7. The van der Waals surface area contributed by atoms with Crippen molar-refractivity contribution in [2.45, 2.75) is 25.8 Å². The maximum atomic E-state index is 12.5. The lowest BCUT2D eigenvalue weighted by molar-refractivity contribution is -0.126. The number of nitrogens with zero attached hydrogens (tertiary/aromatic N) is 2. The van der Waals surface area contributed by atoms with Crippen molar-refractivity contribution < 1.29 is 9.59 Å². The normalized spacial score (nSPS) is 15.1. The maximum absolute atomic E-state index is 12.5. The third-order valence-electron chi connectivity index (χ3n) is 5.44. The Balaban J connectivity index is 1.19. The summed E-state index contributed by atoms with van der Waals surface area (Å²) in [6, 6.07) is 14.2. The number of hydrogen-bond acceptors (Lipinski definition) is 3. The first-order valence-electron chi connectivity index (χ1n) is 9.87. The number of aromatic nitrogens is 1. The molecule has 0 unspecified atom stereocenters. The van der Waals surface area contributed by atoms with Gasteiger partial charge in [0, 0.05) is 43.8 Å². The van der Waals surface area contributed by atoms with Crippen molar-refractivity contribution in [1.82, 2.24) is 14.8 Å². The summed E-state index contributed by atoms with van der Waals surface area (Å²) in [5, 5.41) is 6.25. The van der Waals surface area contributed by atoms with Crippen LogP contribution >= 0.6 is 11.3 Å². The maximum Gasteiger partial charge on any atom is 0.263 e. The molecule has 5 nitrogen and oxygen atoms in total. The molecule has 1 aromatic carbocycles. The average Bonchev–Trinajstić information content (AvgIpc) is 3.41. The fourth-order valence-electron chi connectivity index (χ4n) is 3.84. The van der Waals surface area contributed by atoms with Gasteiger partial charge in [0.05, 0.1) is 4.88 Å². The highest BCUT2D eigenvalue weighted by Gasteiger charge is 2.27. The van der Waals surface area contributed by atoms with E-state index in [1.54, 1.807) is 0 Å². The van der Waals surface area contributed by atoms with Gasteiger partial charge in [-0.15, -0.1) is 11.3 Å². The lowest BCUT2D eigenvalue weighted by Crippen LogP contribution is -2.43. The fraction of sp³-hybridized carbons (Fsp3) is 0.364. The van der Waals surface area contributed by atoms with Crippen LogP contribution in [-0.4, -0.2) is 40.9 Å². The van der Waals surface area contributed by atoms with Crippen molar-refractivity contribution >= 4 is 34.1 Å². The number of aryl methyl sites for hydroxylation is 1. The van der Waals surface area contributed by atoms with Crippen molar-refractivity contribution in [3.63, 3.8) is 0 Å². The van der Waals surface area contributed by atoms with E-state index in [2.05, 4.69) is 40.3 Å². The molecule has 0 bridgehead atoms. The molecular weight excluding hydrogens is 370 g/mol. The minimum absolute atomic E-state index is 0.0137. The monoisotopic (exact) mass is 395 g/mol. The van der Waals surface area contributed by atoms with Crippen LogP contribution in [0.15, 0.2) is 54.0 Å². The molecule has 1 aliphatic heterocycles.